The summed E-state index contributed by atoms with van der Waals surface area (Å²) in [5.41, 5.74) is 0.772. The molecule has 17 heavy (non-hydrogen) atoms. The van der Waals surface area contributed by atoms with E-state index in [-0.39, 0.29) is 6.16 Å². The van der Waals surface area contributed by atoms with Gasteiger partial charge in [0.25, 0.3) is 0 Å². The summed E-state index contributed by atoms with van der Waals surface area (Å²) >= 11 is 0. The summed E-state index contributed by atoms with van der Waals surface area (Å²) in [6.07, 6.45) is 0.174. The molecule has 96 valence electrons. The normalized spacial score (nSPS) is 11.3. The molecule has 0 aliphatic carbocycles. The summed E-state index contributed by atoms with van der Waals surface area (Å²) in [6, 6.07) is 5.29. The van der Waals surface area contributed by atoms with E-state index in [9.17, 15) is 4.57 Å². The zero-order valence-electron chi connectivity index (χ0n) is 10.4. The van der Waals surface area contributed by atoms with Gasteiger partial charge in [0.05, 0.1) is 20.4 Å². The van der Waals surface area contributed by atoms with Crippen LogP contribution in [0.2, 0.25) is 0 Å². The molecule has 0 heterocycles. The fraction of sp³-hybridized carbons (Fsp3) is 0.455. The highest BCUT2D eigenvalue weighted by Crippen LogP contribution is 2.50. The largest absolute Gasteiger partial charge is 0.497 e. The number of hydrogen-bond donors (Lipinski definition) is 0. The van der Waals surface area contributed by atoms with Gasteiger partial charge in [0.1, 0.15) is 11.5 Å². The van der Waals surface area contributed by atoms with E-state index >= 15 is 0 Å². The Morgan fingerprint density at radius 3 is 1.76 bits per heavy atom. The molecule has 0 atom stereocenters. The van der Waals surface area contributed by atoms with Crippen molar-refractivity contribution in [1.29, 1.82) is 0 Å². The van der Waals surface area contributed by atoms with Gasteiger partial charge in [-0.05, 0) is 17.7 Å². The van der Waals surface area contributed by atoms with Crippen LogP contribution in [-0.2, 0) is 19.8 Å². The monoisotopic (exact) mass is 260 g/mol. The number of benzene rings is 1. The molecule has 0 radical (unpaired) electrons. The van der Waals surface area contributed by atoms with Crippen LogP contribution in [0.4, 0.5) is 0 Å². The van der Waals surface area contributed by atoms with Crippen molar-refractivity contribution in [2.24, 2.45) is 0 Å². The Morgan fingerprint density at radius 2 is 1.41 bits per heavy atom. The summed E-state index contributed by atoms with van der Waals surface area (Å²) < 4.78 is 32.0. The second kappa shape index (κ2) is 6.05. The minimum Gasteiger partial charge on any atom is -0.497 e. The highest BCUT2D eigenvalue weighted by atomic mass is 31.2. The highest BCUT2D eigenvalue weighted by Gasteiger charge is 2.22. The fourth-order valence-corrected chi connectivity index (χ4v) is 2.42. The van der Waals surface area contributed by atoms with Crippen molar-refractivity contribution >= 4 is 7.60 Å². The van der Waals surface area contributed by atoms with Crippen molar-refractivity contribution in [3.63, 3.8) is 0 Å². The van der Waals surface area contributed by atoms with Crippen molar-refractivity contribution in [3.8, 4) is 11.5 Å². The summed E-state index contributed by atoms with van der Waals surface area (Å²) in [5.74, 6) is 1.27. The van der Waals surface area contributed by atoms with Gasteiger partial charge in [-0.25, -0.2) is 0 Å². The predicted molar refractivity (Wildman–Crippen MR) is 64.9 cm³/mol. The summed E-state index contributed by atoms with van der Waals surface area (Å²) in [4.78, 5) is 0. The van der Waals surface area contributed by atoms with Crippen molar-refractivity contribution < 1.29 is 23.1 Å². The van der Waals surface area contributed by atoms with Gasteiger partial charge in [0.15, 0.2) is 0 Å². The summed E-state index contributed by atoms with van der Waals surface area (Å²) in [6.45, 7) is 0. The molecule has 0 spiro atoms. The first-order valence-corrected chi connectivity index (χ1v) is 6.72. The van der Waals surface area contributed by atoms with Crippen LogP contribution in [-0.4, -0.2) is 28.4 Å². The van der Waals surface area contributed by atoms with Crippen LogP contribution in [0.5, 0.6) is 11.5 Å². The standard InChI is InChI=1S/C11H17O5P/c1-13-10-5-9(6-11(7-10)14-2)8-17(12,15-3)16-4/h5-7H,8H2,1-4H3. The number of hydrogen-bond acceptors (Lipinski definition) is 5. The maximum atomic E-state index is 12.0. The zero-order valence-corrected chi connectivity index (χ0v) is 11.3. The molecule has 0 N–H and O–H groups in total. The lowest BCUT2D eigenvalue weighted by Crippen LogP contribution is -1.95. The molecule has 0 aromatic heterocycles. The minimum atomic E-state index is -3.07. The van der Waals surface area contributed by atoms with Crippen LogP contribution in [0.1, 0.15) is 5.56 Å². The third kappa shape index (κ3) is 3.73. The Morgan fingerprint density at radius 1 is 0.941 bits per heavy atom. The van der Waals surface area contributed by atoms with Gasteiger partial charge in [-0.1, -0.05) is 0 Å². The number of rotatable bonds is 6. The summed E-state index contributed by atoms with van der Waals surface area (Å²) in [5, 5.41) is 0. The van der Waals surface area contributed by atoms with Crippen LogP contribution < -0.4 is 9.47 Å². The molecule has 1 aromatic carbocycles. The fourth-order valence-electron chi connectivity index (χ4n) is 1.38. The summed E-state index contributed by atoms with van der Waals surface area (Å²) in [7, 11) is 2.77. The lowest BCUT2D eigenvalue weighted by atomic mass is 10.2. The Hall–Kier alpha value is -1.03. The van der Waals surface area contributed by atoms with Gasteiger partial charge in [-0.3, -0.25) is 4.57 Å². The Balaban J connectivity index is 3.01. The van der Waals surface area contributed by atoms with Gasteiger partial charge in [0, 0.05) is 20.3 Å². The quantitative estimate of drug-likeness (QED) is 0.736. The first-order valence-electron chi connectivity index (χ1n) is 4.99. The molecule has 5 nitrogen and oxygen atoms in total. The second-order valence-corrected chi connectivity index (χ2v) is 5.62. The third-order valence-electron chi connectivity index (χ3n) is 2.34. The number of methoxy groups -OCH3 is 2. The molecule has 0 amide bonds. The zero-order chi connectivity index (χ0) is 12.9. The van der Waals surface area contributed by atoms with E-state index < -0.39 is 7.60 Å². The molecule has 0 aliphatic rings. The van der Waals surface area contributed by atoms with E-state index in [1.54, 1.807) is 32.4 Å². The molecule has 0 saturated heterocycles. The lowest BCUT2D eigenvalue weighted by Gasteiger charge is -2.14. The number of ether oxygens (including phenoxy) is 2. The lowest BCUT2D eigenvalue weighted by molar-refractivity contribution is 0.274. The molecule has 0 unspecified atom stereocenters. The van der Waals surface area contributed by atoms with Gasteiger partial charge in [0.2, 0.25) is 0 Å². The topological polar surface area (TPSA) is 54.0 Å². The first-order chi connectivity index (χ1) is 8.06. The maximum absolute atomic E-state index is 12.0. The van der Waals surface area contributed by atoms with Crippen LogP contribution in [0.3, 0.4) is 0 Å². The highest BCUT2D eigenvalue weighted by molar-refractivity contribution is 7.52. The average Bonchev–Trinajstić information content (AvgIpc) is 2.37. The van der Waals surface area contributed by atoms with Crippen LogP contribution >= 0.6 is 7.60 Å². The molecule has 1 aromatic rings. The van der Waals surface area contributed by atoms with Crippen LogP contribution in [0, 0.1) is 0 Å². The Bertz CT molecular complexity index is 388. The molecule has 0 bridgehead atoms. The molecule has 0 saturated carbocycles. The molecule has 0 fully saturated rings. The van der Waals surface area contributed by atoms with E-state index in [4.69, 9.17) is 18.5 Å². The van der Waals surface area contributed by atoms with Gasteiger partial charge >= 0.3 is 7.60 Å². The maximum Gasteiger partial charge on any atom is 0.334 e. The Labute approximate surface area is 101 Å². The van der Waals surface area contributed by atoms with Gasteiger partial charge < -0.3 is 18.5 Å². The van der Waals surface area contributed by atoms with Crippen molar-refractivity contribution in [2.75, 3.05) is 28.4 Å². The van der Waals surface area contributed by atoms with E-state index in [1.807, 2.05) is 0 Å². The first kappa shape index (κ1) is 14.0. The second-order valence-electron chi connectivity index (χ2n) is 3.36. The SMILES string of the molecule is COc1cc(CP(=O)(OC)OC)cc(OC)c1. The van der Waals surface area contributed by atoms with E-state index in [0.29, 0.717) is 11.5 Å². The van der Waals surface area contributed by atoms with Crippen molar-refractivity contribution in [1.82, 2.24) is 0 Å². The van der Waals surface area contributed by atoms with E-state index in [1.165, 1.54) is 14.2 Å². The van der Waals surface area contributed by atoms with Crippen molar-refractivity contribution in [2.45, 2.75) is 6.16 Å². The van der Waals surface area contributed by atoms with E-state index in [0.717, 1.165) is 5.56 Å². The third-order valence-corrected chi connectivity index (χ3v) is 4.21. The molecule has 1 rings (SSSR count). The van der Waals surface area contributed by atoms with E-state index in [2.05, 4.69) is 0 Å². The predicted octanol–water partition coefficient (Wildman–Crippen LogP) is 2.69. The molecule has 6 heteroatoms. The van der Waals surface area contributed by atoms with Crippen molar-refractivity contribution in [3.05, 3.63) is 23.8 Å². The molecule has 0 aliphatic heterocycles. The minimum absolute atomic E-state index is 0.174. The Kier molecular flexibility index (Phi) is 5.00. The van der Waals surface area contributed by atoms with Gasteiger partial charge in [-0.2, -0.15) is 0 Å². The van der Waals surface area contributed by atoms with Crippen LogP contribution in [0.15, 0.2) is 18.2 Å². The van der Waals surface area contributed by atoms with Crippen LogP contribution in [0.25, 0.3) is 0 Å². The average molecular weight is 260 g/mol. The molecular weight excluding hydrogens is 243 g/mol. The smallest absolute Gasteiger partial charge is 0.334 e. The van der Waals surface area contributed by atoms with Gasteiger partial charge in [-0.15, -0.1) is 0 Å². The molecular formula is C11H17O5P.